The van der Waals surface area contributed by atoms with Crippen LogP contribution in [0, 0.1) is 0 Å². The van der Waals surface area contributed by atoms with E-state index in [1.165, 1.54) is 117 Å². The molecule has 0 N–H and O–H groups in total. The Kier molecular flexibility index (Phi) is 20.0. The van der Waals surface area contributed by atoms with Crippen LogP contribution in [0.4, 0.5) is 0 Å². The standard InChI is InChI=1S/C24H54N4/c1-7-13-25(14-8-2)19-21-27(17-11-5)23-24-28(18-12-6)22-20-26(15-9-3)16-10-4/h7-24H2,1-6H3. The Morgan fingerprint density at radius 3 is 0.536 bits per heavy atom. The fraction of sp³-hybridized carbons (Fsp3) is 1.00. The molecule has 0 aromatic rings. The quantitative estimate of drug-likeness (QED) is 0.279. The van der Waals surface area contributed by atoms with E-state index in [0.717, 1.165) is 0 Å². The molecule has 0 fully saturated rings. The third kappa shape index (κ3) is 14.8. The van der Waals surface area contributed by atoms with Crippen LogP contribution in [-0.2, 0) is 0 Å². The van der Waals surface area contributed by atoms with E-state index in [9.17, 15) is 0 Å². The maximum atomic E-state index is 2.71. The molecule has 0 aliphatic carbocycles. The third-order valence-electron chi connectivity index (χ3n) is 5.44. The minimum absolute atomic E-state index is 1.22. The van der Waals surface area contributed by atoms with Crippen molar-refractivity contribution in [1.29, 1.82) is 0 Å². The van der Waals surface area contributed by atoms with Gasteiger partial charge in [-0.2, -0.15) is 0 Å². The van der Waals surface area contributed by atoms with Crippen molar-refractivity contribution in [2.75, 3.05) is 78.5 Å². The summed E-state index contributed by atoms with van der Waals surface area (Å²) in [4.78, 5) is 10.7. The molecule has 0 saturated carbocycles. The Morgan fingerprint density at radius 2 is 0.393 bits per heavy atom. The van der Waals surface area contributed by atoms with Gasteiger partial charge in [0.2, 0.25) is 0 Å². The van der Waals surface area contributed by atoms with Crippen LogP contribution in [0.3, 0.4) is 0 Å². The van der Waals surface area contributed by atoms with E-state index < -0.39 is 0 Å². The summed E-state index contributed by atoms with van der Waals surface area (Å²) in [5.74, 6) is 0. The van der Waals surface area contributed by atoms with E-state index in [0.29, 0.717) is 0 Å². The summed E-state index contributed by atoms with van der Waals surface area (Å²) in [5, 5.41) is 0. The minimum atomic E-state index is 1.22. The summed E-state index contributed by atoms with van der Waals surface area (Å²) in [6.45, 7) is 28.7. The van der Waals surface area contributed by atoms with Gasteiger partial charge in [-0.25, -0.2) is 0 Å². The van der Waals surface area contributed by atoms with Crippen LogP contribution in [0.2, 0.25) is 0 Å². The Labute approximate surface area is 178 Å². The number of hydrogen-bond donors (Lipinski definition) is 0. The molecule has 0 aliphatic rings. The summed E-state index contributed by atoms with van der Waals surface area (Å²) in [7, 11) is 0. The molecule has 4 nitrogen and oxygen atoms in total. The van der Waals surface area contributed by atoms with Gasteiger partial charge in [-0.15, -0.1) is 0 Å². The summed E-state index contributed by atoms with van der Waals surface area (Å²) in [6, 6.07) is 0. The van der Waals surface area contributed by atoms with Gasteiger partial charge >= 0.3 is 0 Å². The first-order valence-electron chi connectivity index (χ1n) is 12.5. The average molecular weight is 399 g/mol. The van der Waals surface area contributed by atoms with Crippen molar-refractivity contribution < 1.29 is 0 Å². The molecule has 0 unspecified atom stereocenters. The second-order valence-electron chi connectivity index (χ2n) is 8.37. The Balaban J connectivity index is 4.49. The van der Waals surface area contributed by atoms with E-state index in [-0.39, 0.29) is 0 Å². The molecule has 0 rings (SSSR count). The molecule has 4 heteroatoms. The minimum Gasteiger partial charge on any atom is -0.302 e. The molecular weight excluding hydrogens is 344 g/mol. The Morgan fingerprint density at radius 1 is 0.250 bits per heavy atom. The van der Waals surface area contributed by atoms with Crippen LogP contribution in [-0.4, -0.2) is 98.1 Å². The zero-order valence-corrected chi connectivity index (χ0v) is 20.5. The predicted octanol–water partition coefficient (Wildman–Crippen LogP) is 4.65. The molecule has 0 amide bonds. The Bertz CT molecular complexity index is 269. The lowest BCUT2D eigenvalue weighted by molar-refractivity contribution is 0.161. The topological polar surface area (TPSA) is 13.0 Å². The van der Waals surface area contributed by atoms with Crippen LogP contribution >= 0.6 is 0 Å². The molecule has 170 valence electrons. The molecule has 0 atom stereocenters. The molecule has 0 radical (unpaired) electrons. The van der Waals surface area contributed by atoms with E-state index in [1.807, 2.05) is 0 Å². The normalized spacial score (nSPS) is 12.2. The van der Waals surface area contributed by atoms with Crippen molar-refractivity contribution in [2.45, 2.75) is 80.1 Å². The molecule has 28 heavy (non-hydrogen) atoms. The van der Waals surface area contributed by atoms with E-state index in [1.54, 1.807) is 0 Å². The van der Waals surface area contributed by atoms with E-state index >= 15 is 0 Å². The molecule has 0 aromatic carbocycles. The smallest absolute Gasteiger partial charge is 0.0110 e. The Hall–Kier alpha value is -0.160. The number of nitrogens with zero attached hydrogens (tertiary/aromatic N) is 4. The van der Waals surface area contributed by atoms with Crippen molar-refractivity contribution in [3.63, 3.8) is 0 Å². The summed E-state index contributed by atoms with van der Waals surface area (Å²) in [6.07, 6.45) is 7.59. The number of rotatable bonds is 21. The highest BCUT2D eigenvalue weighted by Crippen LogP contribution is 2.01. The van der Waals surface area contributed by atoms with Gasteiger partial charge in [0.15, 0.2) is 0 Å². The lowest BCUT2D eigenvalue weighted by Gasteiger charge is -2.31. The summed E-state index contributed by atoms with van der Waals surface area (Å²) < 4.78 is 0. The van der Waals surface area contributed by atoms with Crippen LogP contribution < -0.4 is 0 Å². The van der Waals surface area contributed by atoms with Gasteiger partial charge in [-0.3, -0.25) is 0 Å². The van der Waals surface area contributed by atoms with Crippen LogP contribution in [0.15, 0.2) is 0 Å². The molecule has 0 heterocycles. The molecule has 0 bridgehead atoms. The van der Waals surface area contributed by atoms with Crippen molar-refractivity contribution in [3.8, 4) is 0 Å². The van der Waals surface area contributed by atoms with Gasteiger partial charge in [0.25, 0.3) is 0 Å². The second-order valence-corrected chi connectivity index (χ2v) is 8.37. The fourth-order valence-corrected chi connectivity index (χ4v) is 4.09. The highest BCUT2D eigenvalue weighted by Gasteiger charge is 2.12. The highest BCUT2D eigenvalue weighted by atomic mass is 15.2. The van der Waals surface area contributed by atoms with Gasteiger partial charge in [0, 0.05) is 39.3 Å². The van der Waals surface area contributed by atoms with Gasteiger partial charge in [-0.1, -0.05) is 41.5 Å². The number of hydrogen-bond acceptors (Lipinski definition) is 4. The van der Waals surface area contributed by atoms with Crippen LogP contribution in [0.5, 0.6) is 0 Å². The predicted molar refractivity (Wildman–Crippen MR) is 128 cm³/mol. The molecular formula is C24H54N4. The largest absolute Gasteiger partial charge is 0.302 e. The second kappa shape index (κ2) is 20.1. The lowest BCUT2D eigenvalue weighted by atomic mass is 10.3. The summed E-state index contributed by atoms with van der Waals surface area (Å²) in [5.41, 5.74) is 0. The lowest BCUT2D eigenvalue weighted by Crippen LogP contribution is -2.42. The fourth-order valence-electron chi connectivity index (χ4n) is 4.09. The third-order valence-corrected chi connectivity index (χ3v) is 5.44. The molecule has 0 aromatic heterocycles. The summed E-state index contributed by atoms with van der Waals surface area (Å²) >= 11 is 0. The molecule has 0 aliphatic heterocycles. The van der Waals surface area contributed by atoms with Crippen molar-refractivity contribution in [1.82, 2.24) is 19.6 Å². The van der Waals surface area contributed by atoms with Gasteiger partial charge in [-0.05, 0) is 77.8 Å². The van der Waals surface area contributed by atoms with Crippen LogP contribution in [0.1, 0.15) is 80.1 Å². The van der Waals surface area contributed by atoms with E-state index in [2.05, 4.69) is 61.1 Å². The van der Waals surface area contributed by atoms with Crippen molar-refractivity contribution >= 4 is 0 Å². The SMILES string of the molecule is CCCN(CCC)CCN(CCC)CCN(CCC)CCN(CCC)CCC. The van der Waals surface area contributed by atoms with Crippen molar-refractivity contribution in [2.24, 2.45) is 0 Å². The van der Waals surface area contributed by atoms with Gasteiger partial charge in [0.1, 0.15) is 0 Å². The highest BCUT2D eigenvalue weighted by molar-refractivity contribution is 4.68. The average Bonchev–Trinajstić information content (AvgIpc) is 2.68. The van der Waals surface area contributed by atoms with Gasteiger partial charge < -0.3 is 19.6 Å². The first kappa shape index (κ1) is 27.8. The van der Waals surface area contributed by atoms with Crippen molar-refractivity contribution in [3.05, 3.63) is 0 Å². The molecule has 0 spiro atoms. The maximum Gasteiger partial charge on any atom is 0.0110 e. The molecule has 0 saturated heterocycles. The first-order valence-corrected chi connectivity index (χ1v) is 12.5. The zero-order valence-electron chi connectivity index (χ0n) is 20.5. The maximum absolute atomic E-state index is 2.71. The zero-order chi connectivity index (χ0) is 21.0. The monoisotopic (exact) mass is 398 g/mol. The van der Waals surface area contributed by atoms with Crippen LogP contribution in [0.25, 0.3) is 0 Å². The first-order chi connectivity index (χ1) is 13.6. The van der Waals surface area contributed by atoms with Gasteiger partial charge in [0.05, 0.1) is 0 Å². The van der Waals surface area contributed by atoms with E-state index in [4.69, 9.17) is 0 Å².